The number of aromatic amines is 1. The van der Waals surface area contributed by atoms with E-state index in [2.05, 4.69) is 15.0 Å². The van der Waals surface area contributed by atoms with E-state index in [1.807, 2.05) is 37.8 Å². The van der Waals surface area contributed by atoms with Gasteiger partial charge in [0.15, 0.2) is 5.82 Å². The normalized spacial score (nSPS) is 14.6. The fourth-order valence-electron chi connectivity index (χ4n) is 3.62. The van der Waals surface area contributed by atoms with Crippen molar-refractivity contribution in [1.29, 1.82) is 0 Å². The summed E-state index contributed by atoms with van der Waals surface area (Å²) in [5.74, 6) is 1.94. The van der Waals surface area contributed by atoms with Crippen molar-refractivity contribution in [2.24, 2.45) is 4.99 Å². The zero-order valence-corrected chi connectivity index (χ0v) is 18.0. The van der Waals surface area contributed by atoms with Crippen molar-refractivity contribution in [2.75, 3.05) is 23.3 Å². The van der Waals surface area contributed by atoms with E-state index in [9.17, 15) is 13.2 Å². The molecule has 4 rings (SSSR count). The van der Waals surface area contributed by atoms with Gasteiger partial charge in [-0.2, -0.15) is 0 Å². The van der Waals surface area contributed by atoms with E-state index in [0.717, 1.165) is 41.6 Å². The van der Waals surface area contributed by atoms with Gasteiger partial charge >= 0.3 is 6.36 Å². The third-order valence-electron chi connectivity index (χ3n) is 5.30. The summed E-state index contributed by atoms with van der Waals surface area (Å²) < 4.78 is 41.9. The van der Waals surface area contributed by atoms with Gasteiger partial charge in [0, 0.05) is 24.3 Å². The Morgan fingerprint density at radius 3 is 2.69 bits per heavy atom. The summed E-state index contributed by atoms with van der Waals surface area (Å²) in [6.07, 6.45) is -3.86. The van der Waals surface area contributed by atoms with Crippen LogP contribution < -0.4 is 15.0 Å². The first kappa shape index (κ1) is 21.7. The number of aliphatic imine (C=N–C) groups is 1. The Kier molecular flexibility index (Phi) is 5.82. The zero-order chi connectivity index (χ0) is 22.9. The number of pyridine rings is 1. The molecule has 32 heavy (non-hydrogen) atoms. The summed E-state index contributed by atoms with van der Waals surface area (Å²) >= 11 is 0. The number of hydrogen-bond acceptors (Lipinski definition) is 4. The average molecular weight is 443 g/mol. The van der Waals surface area contributed by atoms with E-state index < -0.39 is 6.36 Å². The molecule has 1 aromatic carbocycles. The van der Waals surface area contributed by atoms with Crippen molar-refractivity contribution >= 4 is 23.2 Å². The predicted molar refractivity (Wildman–Crippen MR) is 120 cm³/mol. The highest BCUT2D eigenvalue weighted by Gasteiger charge is 2.31. The second kappa shape index (κ2) is 8.57. The molecule has 3 heterocycles. The lowest BCUT2D eigenvalue weighted by atomic mass is 10.1. The second-order valence-corrected chi connectivity index (χ2v) is 7.70. The molecule has 0 aliphatic carbocycles. The van der Waals surface area contributed by atoms with Crippen molar-refractivity contribution in [3.8, 4) is 17.0 Å². The van der Waals surface area contributed by atoms with Crippen molar-refractivity contribution in [3.63, 3.8) is 0 Å². The number of aromatic nitrogens is 2. The average Bonchev–Trinajstić information content (AvgIpc) is 2.92. The number of rotatable bonds is 3. The summed E-state index contributed by atoms with van der Waals surface area (Å²) in [7, 11) is 0. The van der Waals surface area contributed by atoms with Crippen LogP contribution in [0.3, 0.4) is 0 Å². The summed E-state index contributed by atoms with van der Waals surface area (Å²) in [5.41, 5.74) is 4.13. The topological polar surface area (TPSA) is 65.5 Å². The maximum atomic E-state index is 12.6. The molecule has 0 amide bonds. The maximum absolute atomic E-state index is 12.6. The molecule has 2 aromatic heterocycles. The van der Waals surface area contributed by atoms with Crippen LogP contribution in [-0.4, -0.2) is 35.3 Å². The molecule has 0 unspecified atom stereocenters. The summed E-state index contributed by atoms with van der Waals surface area (Å²) in [5, 5.41) is 3.37. The smallest absolute Gasteiger partial charge is 0.406 e. The number of aryl methyl sites for hydroxylation is 2. The van der Waals surface area contributed by atoms with E-state index in [4.69, 9.17) is 9.98 Å². The Morgan fingerprint density at radius 1 is 1.16 bits per heavy atom. The molecular weight excluding hydrogens is 419 g/mol. The Balaban J connectivity index is 1.70. The summed E-state index contributed by atoms with van der Waals surface area (Å²) in [4.78, 5) is 14.8. The highest BCUT2D eigenvalue weighted by molar-refractivity contribution is 5.99. The molecule has 0 fully saturated rings. The number of nitrogens with zero attached hydrogens (tertiary/aromatic N) is 3. The highest BCUT2D eigenvalue weighted by atomic mass is 19.4. The molecule has 0 spiro atoms. The Labute approximate surface area is 184 Å². The van der Waals surface area contributed by atoms with Gasteiger partial charge in [-0.15, -0.1) is 13.2 Å². The van der Waals surface area contributed by atoms with Gasteiger partial charge in [-0.3, -0.25) is 0 Å². The van der Waals surface area contributed by atoms with Crippen LogP contribution in [0, 0.1) is 13.8 Å². The van der Waals surface area contributed by atoms with E-state index in [1.165, 1.54) is 18.2 Å². The predicted octanol–water partition coefficient (Wildman–Crippen LogP) is 5.96. The molecular formula is C23H24F3N5O. The van der Waals surface area contributed by atoms with Crippen LogP contribution in [0.2, 0.25) is 0 Å². The third kappa shape index (κ3) is 4.87. The van der Waals surface area contributed by atoms with Crippen LogP contribution in [0.15, 0.2) is 47.5 Å². The zero-order valence-electron chi connectivity index (χ0n) is 18.0. The van der Waals surface area contributed by atoms with E-state index in [0.29, 0.717) is 23.6 Å². The first-order valence-corrected chi connectivity index (χ1v) is 10.3. The monoisotopic (exact) mass is 443 g/mol. The van der Waals surface area contributed by atoms with Crippen LogP contribution in [0.4, 0.5) is 30.5 Å². The molecule has 168 valence electrons. The molecule has 0 bridgehead atoms. The van der Waals surface area contributed by atoms with Crippen molar-refractivity contribution in [1.82, 2.24) is 9.97 Å². The van der Waals surface area contributed by atoms with E-state index >= 15 is 0 Å². The van der Waals surface area contributed by atoms with Gasteiger partial charge in [-0.1, -0.05) is 12.1 Å². The van der Waals surface area contributed by atoms with E-state index in [1.54, 1.807) is 12.1 Å². The standard InChI is InChI=1S/C23H24F3N5O/c1-14-12-21(28-15(14)2)29-16(3)31-11-5-10-27-20-9-8-19(30-22(20)31)17-6-4-7-18(13-17)32-23(24,25)26/h4,6-9,12-13,27-28H,5,10-11H2,1-3H3. The molecule has 0 saturated heterocycles. The van der Waals surface area contributed by atoms with Gasteiger partial charge in [-0.25, -0.2) is 9.98 Å². The third-order valence-corrected chi connectivity index (χ3v) is 5.30. The summed E-state index contributed by atoms with van der Waals surface area (Å²) in [6, 6.07) is 11.5. The van der Waals surface area contributed by atoms with E-state index in [-0.39, 0.29) is 5.75 Å². The largest absolute Gasteiger partial charge is 0.573 e. The first-order valence-electron chi connectivity index (χ1n) is 10.3. The lowest BCUT2D eigenvalue weighted by molar-refractivity contribution is -0.274. The Morgan fingerprint density at radius 2 is 1.97 bits per heavy atom. The van der Waals surface area contributed by atoms with Crippen molar-refractivity contribution in [2.45, 2.75) is 33.6 Å². The van der Waals surface area contributed by atoms with Crippen LogP contribution in [0.25, 0.3) is 11.3 Å². The number of amidine groups is 1. The highest BCUT2D eigenvalue weighted by Crippen LogP contribution is 2.33. The number of nitrogens with one attached hydrogen (secondary N) is 2. The SMILES string of the molecule is CC(=Nc1cc(C)c(C)[nH]1)N1CCCNc2ccc(-c3cccc(OC(F)(F)F)c3)nc21. The van der Waals surface area contributed by atoms with Crippen molar-refractivity contribution in [3.05, 3.63) is 53.7 Å². The lowest BCUT2D eigenvalue weighted by Gasteiger charge is -2.23. The molecule has 0 radical (unpaired) electrons. The van der Waals surface area contributed by atoms with Gasteiger partial charge in [0.1, 0.15) is 17.4 Å². The number of alkyl halides is 3. The van der Waals surface area contributed by atoms with Crippen LogP contribution in [0.1, 0.15) is 24.6 Å². The number of hydrogen-bond donors (Lipinski definition) is 2. The first-order chi connectivity index (χ1) is 15.2. The van der Waals surface area contributed by atoms with Crippen LogP contribution in [-0.2, 0) is 0 Å². The minimum absolute atomic E-state index is 0.281. The number of anilines is 2. The van der Waals surface area contributed by atoms with Crippen molar-refractivity contribution < 1.29 is 17.9 Å². The van der Waals surface area contributed by atoms with Gasteiger partial charge in [-0.05, 0) is 63.1 Å². The van der Waals surface area contributed by atoms with Crippen LogP contribution >= 0.6 is 0 Å². The van der Waals surface area contributed by atoms with Gasteiger partial charge in [0.25, 0.3) is 0 Å². The molecule has 6 nitrogen and oxygen atoms in total. The van der Waals surface area contributed by atoms with Gasteiger partial charge in [0.05, 0.1) is 11.4 Å². The molecule has 1 aliphatic heterocycles. The van der Waals surface area contributed by atoms with Crippen LogP contribution in [0.5, 0.6) is 5.75 Å². The van der Waals surface area contributed by atoms with Gasteiger partial charge < -0.3 is 19.9 Å². The number of H-pyrrole nitrogens is 1. The minimum atomic E-state index is -4.75. The Bertz CT molecular complexity index is 1130. The number of halogens is 3. The molecule has 1 aliphatic rings. The minimum Gasteiger partial charge on any atom is -0.406 e. The maximum Gasteiger partial charge on any atom is 0.573 e. The molecule has 2 N–H and O–H groups in total. The molecule has 3 aromatic rings. The molecule has 0 atom stereocenters. The fourth-order valence-corrected chi connectivity index (χ4v) is 3.62. The molecule has 0 saturated carbocycles. The molecule has 9 heteroatoms. The number of benzene rings is 1. The van der Waals surface area contributed by atoms with Gasteiger partial charge in [0.2, 0.25) is 0 Å². The number of ether oxygens (including phenoxy) is 1. The lowest BCUT2D eigenvalue weighted by Crippen LogP contribution is -2.30. The Hall–Kier alpha value is -3.49. The quantitative estimate of drug-likeness (QED) is 0.387. The second-order valence-electron chi connectivity index (χ2n) is 7.70. The summed E-state index contributed by atoms with van der Waals surface area (Å²) in [6.45, 7) is 7.44. The number of fused-ring (bicyclic) bond motifs is 1. The fraction of sp³-hybridized carbons (Fsp3) is 0.304.